The van der Waals surface area contributed by atoms with E-state index in [-0.39, 0.29) is 11.8 Å². The van der Waals surface area contributed by atoms with Gasteiger partial charge in [0.15, 0.2) is 0 Å². The lowest BCUT2D eigenvalue weighted by molar-refractivity contribution is -0.117. The van der Waals surface area contributed by atoms with Crippen LogP contribution in [0.3, 0.4) is 0 Å². The zero-order valence-corrected chi connectivity index (χ0v) is 14.9. The Labute approximate surface area is 151 Å². The van der Waals surface area contributed by atoms with Crippen molar-refractivity contribution in [3.05, 3.63) is 52.5 Å². The standard InChI is InChI=1S/C19H19ClN2O3/c1-12-10-16(17(25-2)11-15(12)20)21-19(24)13-5-7-14(8-6-13)22-9-3-4-18(22)23/h5-8,10-11H,3-4,9H2,1-2H3,(H,21,24). The summed E-state index contributed by atoms with van der Waals surface area (Å²) in [7, 11) is 1.53. The summed E-state index contributed by atoms with van der Waals surface area (Å²) in [5.41, 5.74) is 2.73. The number of benzene rings is 2. The van der Waals surface area contributed by atoms with Gasteiger partial charge in [0.05, 0.1) is 12.8 Å². The first-order valence-corrected chi connectivity index (χ1v) is 8.43. The molecule has 2 aromatic carbocycles. The van der Waals surface area contributed by atoms with E-state index in [0.717, 1.165) is 24.2 Å². The maximum absolute atomic E-state index is 12.5. The van der Waals surface area contributed by atoms with Crippen LogP contribution in [-0.4, -0.2) is 25.5 Å². The number of nitrogens with zero attached hydrogens (tertiary/aromatic N) is 1. The predicted molar refractivity (Wildman–Crippen MR) is 98.7 cm³/mol. The molecule has 0 atom stereocenters. The van der Waals surface area contributed by atoms with E-state index in [0.29, 0.717) is 28.4 Å². The first-order chi connectivity index (χ1) is 12.0. The molecule has 0 radical (unpaired) electrons. The van der Waals surface area contributed by atoms with E-state index < -0.39 is 0 Å². The molecule has 1 heterocycles. The molecule has 1 aliphatic heterocycles. The summed E-state index contributed by atoms with van der Waals surface area (Å²) in [6.07, 6.45) is 1.45. The van der Waals surface area contributed by atoms with Gasteiger partial charge in [-0.15, -0.1) is 0 Å². The van der Waals surface area contributed by atoms with E-state index in [4.69, 9.17) is 16.3 Å². The molecule has 3 rings (SSSR count). The monoisotopic (exact) mass is 358 g/mol. The molecule has 6 heteroatoms. The Morgan fingerprint density at radius 1 is 1.24 bits per heavy atom. The van der Waals surface area contributed by atoms with Crippen molar-refractivity contribution in [2.24, 2.45) is 0 Å². The molecular weight excluding hydrogens is 340 g/mol. The van der Waals surface area contributed by atoms with E-state index in [9.17, 15) is 9.59 Å². The Bertz CT molecular complexity index is 818. The van der Waals surface area contributed by atoms with Gasteiger partial charge in [-0.3, -0.25) is 9.59 Å². The zero-order valence-electron chi connectivity index (χ0n) is 14.1. The predicted octanol–water partition coefficient (Wildman–Crippen LogP) is 4.04. The van der Waals surface area contributed by atoms with Crippen LogP contribution in [0, 0.1) is 6.92 Å². The van der Waals surface area contributed by atoms with Crippen molar-refractivity contribution in [2.75, 3.05) is 23.9 Å². The molecule has 0 bridgehead atoms. The van der Waals surface area contributed by atoms with E-state index >= 15 is 0 Å². The lowest BCUT2D eigenvalue weighted by Crippen LogP contribution is -2.23. The minimum Gasteiger partial charge on any atom is -0.495 e. The molecule has 1 saturated heterocycles. The van der Waals surface area contributed by atoms with Crippen molar-refractivity contribution in [3.63, 3.8) is 0 Å². The summed E-state index contributed by atoms with van der Waals surface area (Å²) < 4.78 is 5.27. The Morgan fingerprint density at radius 3 is 2.56 bits per heavy atom. The summed E-state index contributed by atoms with van der Waals surface area (Å²) in [6, 6.07) is 10.5. The lowest BCUT2D eigenvalue weighted by atomic mass is 10.1. The van der Waals surface area contributed by atoms with Gasteiger partial charge in [-0.2, -0.15) is 0 Å². The number of hydrogen-bond donors (Lipinski definition) is 1. The van der Waals surface area contributed by atoms with Gasteiger partial charge in [-0.05, 0) is 49.2 Å². The molecule has 5 nitrogen and oxygen atoms in total. The van der Waals surface area contributed by atoms with Gasteiger partial charge in [0.1, 0.15) is 5.75 Å². The van der Waals surface area contributed by atoms with Crippen LogP contribution in [0.1, 0.15) is 28.8 Å². The Kier molecular flexibility index (Phi) is 4.95. The van der Waals surface area contributed by atoms with Gasteiger partial charge in [0, 0.05) is 35.3 Å². The molecule has 0 spiro atoms. The fourth-order valence-corrected chi connectivity index (χ4v) is 2.99. The fraction of sp³-hybridized carbons (Fsp3) is 0.263. The van der Waals surface area contributed by atoms with Gasteiger partial charge in [-0.1, -0.05) is 11.6 Å². The lowest BCUT2D eigenvalue weighted by Gasteiger charge is -2.16. The Hall–Kier alpha value is -2.53. The number of halogens is 1. The van der Waals surface area contributed by atoms with Crippen LogP contribution < -0.4 is 15.0 Å². The number of anilines is 2. The quantitative estimate of drug-likeness (QED) is 0.897. The van der Waals surface area contributed by atoms with Crippen molar-refractivity contribution >= 4 is 34.8 Å². The molecule has 1 N–H and O–H groups in total. The minimum atomic E-state index is -0.251. The normalized spacial score (nSPS) is 13.9. The van der Waals surface area contributed by atoms with Crippen molar-refractivity contribution in [3.8, 4) is 5.75 Å². The van der Waals surface area contributed by atoms with Crippen LogP contribution in [0.15, 0.2) is 36.4 Å². The number of nitrogens with one attached hydrogen (secondary N) is 1. The second-order valence-corrected chi connectivity index (χ2v) is 6.36. The van der Waals surface area contributed by atoms with Gasteiger partial charge in [-0.25, -0.2) is 0 Å². The highest BCUT2D eigenvalue weighted by molar-refractivity contribution is 6.31. The van der Waals surface area contributed by atoms with Gasteiger partial charge < -0.3 is 15.0 Å². The Balaban J connectivity index is 1.78. The van der Waals surface area contributed by atoms with Crippen LogP contribution in [0.2, 0.25) is 5.02 Å². The average Bonchev–Trinajstić information content (AvgIpc) is 3.04. The second kappa shape index (κ2) is 7.15. The maximum atomic E-state index is 12.5. The van der Waals surface area contributed by atoms with Crippen molar-refractivity contribution in [1.29, 1.82) is 0 Å². The molecule has 0 aromatic heterocycles. The number of hydrogen-bond acceptors (Lipinski definition) is 3. The molecule has 2 amide bonds. The van der Waals surface area contributed by atoms with Gasteiger partial charge in [0.2, 0.25) is 5.91 Å². The SMILES string of the molecule is COc1cc(Cl)c(C)cc1NC(=O)c1ccc(N2CCCC2=O)cc1. The number of carbonyl (C=O) groups excluding carboxylic acids is 2. The third-order valence-corrected chi connectivity index (χ3v) is 4.65. The minimum absolute atomic E-state index is 0.124. The molecule has 130 valence electrons. The third-order valence-electron chi connectivity index (χ3n) is 4.24. The molecule has 0 aliphatic carbocycles. The molecule has 0 unspecified atom stereocenters. The summed E-state index contributed by atoms with van der Waals surface area (Å²) in [5, 5.41) is 3.42. The molecule has 0 saturated carbocycles. The number of ether oxygens (including phenoxy) is 1. The fourth-order valence-electron chi connectivity index (χ4n) is 2.84. The highest BCUT2D eigenvalue weighted by Gasteiger charge is 2.21. The molecule has 2 aromatic rings. The van der Waals surface area contributed by atoms with Crippen LogP contribution in [-0.2, 0) is 4.79 Å². The third kappa shape index (κ3) is 3.61. The number of carbonyl (C=O) groups is 2. The van der Waals surface area contributed by atoms with Crippen LogP contribution in [0.25, 0.3) is 0 Å². The molecule has 25 heavy (non-hydrogen) atoms. The largest absolute Gasteiger partial charge is 0.495 e. The Morgan fingerprint density at radius 2 is 1.96 bits per heavy atom. The van der Waals surface area contributed by atoms with Crippen molar-refractivity contribution in [2.45, 2.75) is 19.8 Å². The van der Waals surface area contributed by atoms with Gasteiger partial charge >= 0.3 is 0 Å². The van der Waals surface area contributed by atoms with Gasteiger partial charge in [0.25, 0.3) is 5.91 Å². The van der Waals surface area contributed by atoms with E-state index in [2.05, 4.69) is 5.32 Å². The van der Waals surface area contributed by atoms with Crippen LogP contribution in [0.4, 0.5) is 11.4 Å². The number of methoxy groups -OCH3 is 1. The first-order valence-electron chi connectivity index (χ1n) is 8.05. The second-order valence-electron chi connectivity index (χ2n) is 5.95. The smallest absolute Gasteiger partial charge is 0.255 e. The first kappa shape index (κ1) is 17.3. The van der Waals surface area contributed by atoms with E-state index in [1.165, 1.54) is 7.11 Å². The number of aryl methyl sites for hydroxylation is 1. The summed E-state index contributed by atoms with van der Waals surface area (Å²) in [5.74, 6) is 0.376. The van der Waals surface area contributed by atoms with E-state index in [1.807, 2.05) is 6.92 Å². The molecule has 1 aliphatic rings. The summed E-state index contributed by atoms with van der Waals surface area (Å²) in [4.78, 5) is 26.0. The summed E-state index contributed by atoms with van der Waals surface area (Å²) in [6.45, 7) is 2.59. The van der Waals surface area contributed by atoms with Crippen molar-refractivity contribution < 1.29 is 14.3 Å². The molecular formula is C19H19ClN2O3. The number of amides is 2. The van der Waals surface area contributed by atoms with Crippen molar-refractivity contribution in [1.82, 2.24) is 0 Å². The zero-order chi connectivity index (χ0) is 18.0. The average molecular weight is 359 g/mol. The highest BCUT2D eigenvalue weighted by Crippen LogP contribution is 2.31. The highest BCUT2D eigenvalue weighted by atomic mass is 35.5. The summed E-state index contributed by atoms with van der Waals surface area (Å²) >= 11 is 6.08. The van der Waals surface area contributed by atoms with E-state index in [1.54, 1.807) is 41.3 Å². The van der Waals surface area contributed by atoms with Crippen LogP contribution in [0.5, 0.6) is 5.75 Å². The molecule has 1 fully saturated rings. The number of rotatable bonds is 4. The maximum Gasteiger partial charge on any atom is 0.255 e. The van der Waals surface area contributed by atoms with Crippen LogP contribution >= 0.6 is 11.6 Å². The topological polar surface area (TPSA) is 58.6 Å².